The number of hydrogen-bond donors (Lipinski definition) is 0. The summed E-state index contributed by atoms with van der Waals surface area (Å²) >= 11 is 1.47. The van der Waals surface area contributed by atoms with Crippen molar-refractivity contribution in [2.45, 2.75) is 26.1 Å². The molecular formula is C10H9F3N4OS. The second-order valence-electron chi connectivity index (χ2n) is 3.80. The van der Waals surface area contributed by atoms with Crippen molar-refractivity contribution in [3.8, 4) is 0 Å². The molecule has 0 spiro atoms. The Labute approximate surface area is 110 Å². The van der Waals surface area contributed by atoms with Crippen LogP contribution < -0.4 is 0 Å². The Morgan fingerprint density at radius 2 is 2.21 bits per heavy atom. The van der Waals surface area contributed by atoms with Gasteiger partial charge in [0.05, 0.1) is 17.4 Å². The highest BCUT2D eigenvalue weighted by atomic mass is 32.1. The summed E-state index contributed by atoms with van der Waals surface area (Å²) in [6, 6.07) is 0. The van der Waals surface area contributed by atoms with Crippen molar-refractivity contribution in [3.05, 3.63) is 28.0 Å². The third kappa shape index (κ3) is 3.16. The topological polar surface area (TPSA) is 60.7 Å². The fourth-order valence-corrected chi connectivity index (χ4v) is 2.21. The summed E-state index contributed by atoms with van der Waals surface area (Å²) in [4.78, 5) is 16.0. The highest BCUT2D eigenvalue weighted by Crippen LogP contribution is 2.20. The van der Waals surface area contributed by atoms with Gasteiger partial charge in [-0.05, 0) is 6.92 Å². The fraction of sp³-hybridized carbons (Fsp3) is 0.400. The maximum atomic E-state index is 12.2. The number of carbonyl (C=O) groups is 1. The zero-order chi connectivity index (χ0) is 14.0. The van der Waals surface area contributed by atoms with Gasteiger partial charge in [0.15, 0.2) is 5.69 Å². The lowest BCUT2D eigenvalue weighted by molar-refractivity contribution is -0.0888. The minimum Gasteiger partial charge on any atom is -0.282 e. The average Bonchev–Trinajstić information content (AvgIpc) is 2.93. The zero-order valence-corrected chi connectivity index (χ0v) is 10.6. The Morgan fingerprint density at radius 3 is 2.79 bits per heavy atom. The number of nitrogens with zero attached hydrogens (tertiary/aromatic N) is 4. The van der Waals surface area contributed by atoms with Gasteiger partial charge in [0, 0.05) is 17.8 Å². The van der Waals surface area contributed by atoms with Gasteiger partial charge in [0.25, 0.3) is 5.78 Å². The number of aromatic nitrogens is 4. The van der Waals surface area contributed by atoms with Crippen molar-refractivity contribution in [1.82, 2.24) is 20.0 Å². The van der Waals surface area contributed by atoms with Crippen LogP contribution in [-0.2, 0) is 13.0 Å². The lowest BCUT2D eigenvalue weighted by Gasteiger charge is -2.00. The van der Waals surface area contributed by atoms with Crippen LogP contribution >= 0.6 is 11.3 Å². The first kappa shape index (κ1) is 13.7. The number of rotatable bonds is 4. The molecule has 0 saturated carbocycles. The monoisotopic (exact) mass is 290 g/mol. The average molecular weight is 290 g/mol. The number of Topliss-reactive ketones (excluding diaryl/α,β-unsaturated/α-hetero) is 1. The smallest absolute Gasteiger partial charge is 0.282 e. The van der Waals surface area contributed by atoms with Crippen LogP contribution in [0.5, 0.6) is 0 Å². The number of ketones is 1. The Hall–Kier alpha value is -1.77. The second kappa shape index (κ2) is 5.08. The van der Waals surface area contributed by atoms with Crippen molar-refractivity contribution in [2.24, 2.45) is 0 Å². The summed E-state index contributed by atoms with van der Waals surface area (Å²) in [5, 5.41) is 6.75. The largest absolute Gasteiger partial charge is 0.456 e. The molecule has 2 aromatic heterocycles. The third-order valence-electron chi connectivity index (χ3n) is 2.44. The highest BCUT2D eigenvalue weighted by Gasteiger charge is 2.41. The van der Waals surface area contributed by atoms with Crippen LogP contribution in [0.1, 0.15) is 21.1 Å². The molecule has 19 heavy (non-hydrogen) atoms. The quantitative estimate of drug-likeness (QED) is 0.808. The van der Waals surface area contributed by atoms with Gasteiger partial charge in [-0.25, -0.2) is 4.98 Å². The molecule has 0 fully saturated rings. The normalized spacial score (nSPS) is 11.8. The van der Waals surface area contributed by atoms with E-state index in [2.05, 4.69) is 15.3 Å². The van der Waals surface area contributed by atoms with Crippen molar-refractivity contribution in [2.75, 3.05) is 0 Å². The summed E-state index contributed by atoms with van der Waals surface area (Å²) in [5.41, 5.74) is 1.90. The van der Waals surface area contributed by atoms with Gasteiger partial charge in [-0.1, -0.05) is 5.21 Å². The van der Waals surface area contributed by atoms with Gasteiger partial charge < -0.3 is 0 Å². The number of carbonyl (C=O) groups excluding carboxylic acids is 1. The minimum atomic E-state index is -4.92. The maximum Gasteiger partial charge on any atom is 0.456 e. The predicted octanol–water partition coefficient (Wildman–Crippen LogP) is 2.03. The fourth-order valence-electron chi connectivity index (χ4n) is 1.44. The summed E-state index contributed by atoms with van der Waals surface area (Å²) < 4.78 is 37.7. The molecule has 0 aromatic carbocycles. The Morgan fingerprint density at radius 1 is 1.47 bits per heavy atom. The number of aryl methyl sites for hydroxylation is 3. The first-order chi connectivity index (χ1) is 8.88. The number of hydrogen-bond acceptors (Lipinski definition) is 5. The van der Waals surface area contributed by atoms with Crippen molar-refractivity contribution in [1.29, 1.82) is 0 Å². The van der Waals surface area contributed by atoms with Gasteiger partial charge in [0.2, 0.25) is 0 Å². The van der Waals surface area contributed by atoms with E-state index in [1.165, 1.54) is 16.0 Å². The molecule has 0 atom stereocenters. The Balaban J connectivity index is 2.02. The van der Waals surface area contributed by atoms with Crippen molar-refractivity contribution >= 4 is 17.1 Å². The summed E-state index contributed by atoms with van der Waals surface area (Å²) in [6.45, 7) is 2.20. The second-order valence-corrected chi connectivity index (χ2v) is 4.74. The summed E-state index contributed by atoms with van der Waals surface area (Å²) in [7, 11) is 0. The molecule has 0 amide bonds. The lowest BCUT2D eigenvalue weighted by Crippen LogP contribution is -2.23. The molecule has 2 heterocycles. The third-order valence-corrected chi connectivity index (χ3v) is 3.44. The standard InChI is InChI=1S/C10H9F3N4OS/c1-6-8(19-5-14-6)2-3-17-4-7(15-16-17)9(18)10(11,12)13/h4-5H,2-3H2,1H3. The van der Waals surface area contributed by atoms with E-state index in [4.69, 9.17) is 0 Å². The van der Waals surface area contributed by atoms with Crippen LogP contribution in [0.2, 0.25) is 0 Å². The van der Waals surface area contributed by atoms with Gasteiger partial charge in [-0.3, -0.25) is 9.48 Å². The first-order valence-corrected chi connectivity index (χ1v) is 6.16. The van der Waals surface area contributed by atoms with Crippen molar-refractivity contribution < 1.29 is 18.0 Å². The minimum absolute atomic E-state index is 0.348. The Kier molecular flexibility index (Phi) is 3.65. The molecule has 9 heteroatoms. The molecule has 0 bridgehead atoms. The maximum absolute atomic E-state index is 12.2. The van der Waals surface area contributed by atoms with Crippen LogP contribution in [0.3, 0.4) is 0 Å². The predicted molar refractivity (Wildman–Crippen MR) is 61.0 cm³/mol. The van der Waals surface area contributed by atoms with E-state index < -0.39 is 17.7 Å². The number of thiazole rings is 1. The lowest BCUT2D eigenvalue weighted by atomic mass is 10.3. The van der Waals surface area contributed by atoms with Crippen LogP contribution in [0, 0.1) is 6.92 Å². The molecule has 0 N–H and O–H groups in total. The molecular weight excluding hydrogens is 281 g/mol. The van der Waals surface area contributed by atoms with E-state index in [1.54, 1.807) is 5.51 Å². The van der Waals surface area contributed by atoms with Gasteiger partial charge >= 0.3 is 6.18 Å². The molecule has 0 radical (unpaired) electrons. The number of halogens is 3. The van der Waals surface area contributed by atoms with E-state index in [1.807, 2.05) is 6.92 Å². The molecule has 0 unspecified atom stereocenters. The van der Waals surface area contributed by atoms with E-state index in [0.29, 0.717) is 13.0 Å². The van der Waals surface area contributed by atoms with E-state index in [9.17, 15) is 18.0 Å². The highest BCUT2D eigenvalue weighted by molar-refractivity contribution is 7.09. The molecule has 2 aromatic rings. The molecule has 0 aliphatic heterocycles. The SMILES string of the molecule is Cc1ncsc1CCn1cc(C(=O)C(F)(F)F)nn1. The molecule has 102 valence electrons. The number of alkyl halides is 3. The van der Waals surface area contributed by atoms with Gasteiger partial charge in [-0.2, -0.15) is 13.2 Å². The molecule has 0 saturated heterocycles. The van der Waals surface area contributed by atoms with Crippen LogP contribution in [-0.4, -0.2) is 31.9 Å². The van der Waals surface area contributed by atoms with E-state index in [0.717, 1.165) is 16.8 Å². The van der Waals surface area contributed by atoms with Gasteiger partial charge in [0.1, 0.15) is 0 Å². The molecule has 0 aliphatic carbocycles. The van der Waals surface area contributed by atoms with Crippen molar-refractivity contribution in [3.63, 3.8) is 0 Å². The van der Waals surface area contributed by atoms with E-state index >= 15 is 0 Å². The molecule has 2 rings (SSSR count). The van der Waals surface area contributed by atoms with E-state index in [-0.39, 0.29) is 0 Å². The van der Waals surface area contributed by atoms with Crippen LogP contribution in [0.4, 0.5) is 13.2 Å². The molecule has 0 aliphatic rings. The molecule has 5 nitrogen and oxygen atoms in total. The summed E-state index contributed by atoms with van der Waals surface area (Å²) in [5.74, 6) is -1.98. The Bertz CT molecular complexity index is 590. The first-order valence-electron chi connectivity index (χ1n) is 5.28. The zero-order valence-electron chi connectivity index (χ0n) is 9.81. The van der Waals surface area contributed by atoms with Gasteiger partial charge in [-0.15, -0.1) is 16.4 Å². The summed E-state index contributed by atoms with van der Waals surface area (Å²) in [6.07, 6.45) is -3.33. The van der Waals surface area contributed by atoms with Crippen LogP contribution in [0.25, 0.3) is 0 Å². The van der Waals surface area contributed by atoms with Crippen LogP contribution in [0.15, 0.2) is 11.7 Å².